The highest BCUT2D eigenvalue weighted by molar-refractivity contribution is 7.14. The molecule has 4 heterocycles. The van der Waals surface area contributed by atoms with Crippen LogP contribution in [0.2, 0.25) is 0 Å². The first-order chi connectivity index (χ1) is 18.4. The third kappa shape index (κ3) is 4.67. The number of thiazole rings is 1. The van der Waals surface area contributed by atoms with Crippen molar-refractivity contribution < 1.29 is 14.4 Å². The molecular formula is C28H30N6O3S. The number of rotatable bonds is 7. The van der Waals surface area contributed by atoms with Crippen LogP contribution in [0.3, 0.4) is 0 Å². The SMILES string of the molecule is CCN(CC)c1nc(-c2ncc(C)c3c(C(=O)C(=O)N4CCN(C(=O)c5ccccc5)CC4)c[nH]c23)cs1. The second-order valence-electron chi connectivity index (χ2n) is 9.21. The fourth-order valence-corrected chi connectivity index (χ4v) is 5.77. The fourth-order valence-electron chi connectivity index (χ4n) is 4.83. The van der Waals surface area contributed by atoms with Gasteiger partial charge in [0.15, 0.2) is 5.13 Å². The van der Waals surface area contributed by atoms with E-state index in [1.54, 1.807) is 40.8 Å². The van der Waals surface area contributed by atoms with E-state index >= 15 is 0 Å². The van der Waals surface area contributed by atoms with E-state index in [4.69, 9.17) is 4.98 Å². The highest BCUT2D eigenvalue weighted by Crippen LogP contribution is 2.33. The fraction of sp³-hybridized carbons (Fsp3) is 0.321. The van der Waals surface area contributed by atoms with Gasteiger partial charge in [-0.2, -0.15) is 0 Å². The Bertz CT molecular complexity index is 1480. The Hall–Kier alpha value is -4.05. The van der Waals surface area contributed by atoms with Crippen molar-refractivity contribution in [1.29, 1.82) is 0 Å². The Morgan fingerprint density at radius 2 is 1.71 bits per heavy atom. The largest absolute Gasteiger partial charge is 0.359 e. The third-order valence-corrected chi connectivity index (χ3v) is 7.88. The molecular weight excluding hydrogens is 500 g/mol. The minimum atomic E-state index is -0.568. The molecule has 0 atom stereocenters. The van der Waals surface area contributed by atoms with Crippen molar-refractivity contribution in [3.8, 4) is 11.4 Å². The lowest BCUT2D eigenvalue weighted by molar-refractivity contribution is -0.127. The zero-order valence-corrected chi connectivity index (χ0v) is 22.5. The minimum Gasteiger partial charge on any atom is -0.359 e. The van der Waals surface area contributed by atoms with Crippen molar-refractivity contribution in [2.24, 2.45) is 0 Å². The van der Waals surface area contributed by atoms with Crippen LogP contribution in [0.1, 0.15) is 40.1 Å². The number of nitrogens with one attached hydrogen (secondary N) is 1. The number of aryl methyl sites for hydroxylation is 1. The molecule has 3 aromatic heterocycles. The van der Waals surface area contributed by atoms with Gasteiger partial charge < -0.3 is 19.7 Å². The molecule has 5 rings (SSSR count). The maximum absolute atomic E-state index is 13.4. The summed E-state index contributed by atoms with van der Waals surface area (Å²) in [6, 6.07) is 9.08. The molecule has 1 aliphatic heterocycles. The number of H-pyrrole nitrogens is 1. The van der Waals surface area contributed by atoms with Crippen molar-refractivity contribution in [2.45, 2.75) is 20.8 Å². The normalized spacial score (nSPS) is 13.7. The van der Waals surface area contributed by atoms with Crippen molar-refractivity contribution in [3.63, 3.8) is 0 Å². The van der Waals surface area contributed by atoms with E-state index in [9.17, 15) is 14.4 Å². The van der Waals surface area contributed by atoms with Crippen LogP contribution in [0, 0.1) is 6.92 Å². The number of amides is 2. The number of anilines is 1. The molecule has 2 amide bonds. The zero-order chi connectivity index (χ0) is 26.8. The molecule has 0 radical (unpaired) electrons. The number of carbonyl (C=O) groups is 3. The van der Waals surface area contributed by atoms with Crippen LogP contribution in [0.25, 0.3) is 22.3 Å². The van der Waals surface area contributed by atoms with Crippen LogP contribution in [-0.2, 0) is 4.79 Å². The van der Waals surface area contributed by atoms with E-state index in [2.05, 4.69) is 28.7 Å². The Labute approximate surface area is 225 Å². The second-order valence-corrected chi connectivity index (χ2v) is 10.0. The molecule has 0 aliphatic carbocycles. The average Bonchev–Trinajstić information content (AvgIpc) is 3.62. The molecule has 38 heavy (non-hydrogen) atoms. The molecule has 196 valence electrons. The predicted molar refractivity (Wildman–Crippen MR) is 149 cm³/mol. The van der Waals surface area contributed by atoms with Crippen molar-refractivity contribution in [3.05, 3.63) is 64.8 Å². The van der Waals surface area contributed by atoms with Crippen molar-refractivity contribution in [1.82, 2.24) is 24.8 Å². The molecule has 10 heteroatoms. The summed E-state index contributed by atoms with van der Waals surface area (Å²) in [7, 11) is 0. The summed E-state index contributed by atoms with van der Waals surface area (Å²) < 4.78 is 0. The van der Waals surface area contributed by atoms with Gasteiger partial charge in [0.25, 0.3) is 17.6 Å². The zero-order valence-electron chi connectivity index (χ0n) is 21.7. The van der Waals surface area contributed by atoms with Crippen LogP contribution < -0.4 is 4.90 Å². The maximum atomic E-state index is 13.4. The number of aromatic nitrogens is 3. The molecule has 1 saturated heterocycles. The monoisotopic (exact) mass is 530 g/mol. The van der Waals surface area contributed by atoms with Gasteiger partial charge in [-0.05, 0) is 38.5 Å². The molecule has 1 aliphatic rings. The molecule has 0 spiro atoms. The van der Waals surface area contributed by atoms with Crippen LogP contribution in [-0.4, -0.2) is 81.6 Å². The minimum absolute atomic E-state index is 0.0671. The second kappa shape index (κ2) is 10.7. The van der Waals surface area contributed by atoms with Gasteiger partial charge >= 0.3 is 0 Å². The lowest BCUT2D eigenvalue weighted by Crippen LogP contribution is -2.52. The number of piperazine rings is 1. The van der Waals surface area contributed by atoms with Gasteiger partial charge in [-0.15, -0.1) is 11.3 Å². The Morgan fingerprint density at radius 1 is 1.03 bits per heavy atom. The average molecular weight is 531 g/mol. The number of ketones is 1. The van der Waals surface area contributed by atoms with Crippen molar-refractivity contribution in [2.75, 3.05) is 44.2 Å². The lowest BCUT2D eigenvalue weighted by atomic mass is 10.0. The first-order valence-electron chi connectivity index (χ1n) is 12.8. The quantitative estimate of drug-likeness (QED) is 0.286. The number of fused-ring (bicyclic) bond motifs is 1. The van der Waals surface area contributed by atoms with E-state index in [1.807, 2.05) is 30.5 Å². The summed E-state index contributed by atoms with van der Waals surface area (Å²) in [5, 5.41) is 3.57. The Balaban J connectivity index is 1.35. The summed E-state index contributed by atoms with van der Waals surface area (Å²) >= 11 is 1.56. The summed E-state index contributed by atoms with van der Waals surface area (Å²) in [5.41, 5.74) is 3.82. The van der Waals surface area contributed by atoms with Crippen LogP contribution in [0.15, 0.2) is 48.1 Å². The van der Waals surface area contributed by atoms with E-state index in [1.165, 1.54) is 4.90 Å². The van der Waals surface area contributed by atoms with E-state index in [0.29, 0.717) is 53.9 Å². The summed E-state index contributed by atoms with van der Waals surface area (Å²) in [6.07, 6.45) is 3.31. The molecule has 0 unspecified atom stereocenters. The van der Waals surface area contributed by atoms with E-state index in [0.717, 1.165) is 29.5 Å². The molecule has 4 aromatic rings. The predicted octanol–water partition coefficient (Wildman–Crippen LogP) is 4.01. The smallest absolute Gasteiger partial charge is 0.295 e. The van der Waals surface area contributed by atoms with Gasteiger partial charge in [0.05, 0.1) is 11.1 Å². The number of Topliss-reactive ketones (excluding diaryl/α,β-unsaturated/α-hetero) is 1. The van der Waals surface area contributed by atoms with Gasteiger partial charge in [0.2, 0.25) is 0 Å². The van der Waals surface area contributed by atoms with Crippen LogP contribution in [0.5, 0.6) is 0 Å². The number of aromatic amines is 1. The van der Waals surface area contributed by atoms with E-state index < -0.39 is 11.7 Å². The molecule has 0 saturated carbocycles. The topological polar surface area (TPSA) is 102 Å². The molecule has 1 fully saturated rings. The number of benzene rings is 1. The molecule has 1 N–H and O–H groups in total. The van der Waals surface area contributed by atoms with Crippen molar-refractivity contribution >= 4 is 45.0 Å². The maximum Gasteiger partial charge on any atom is 0.295 e. The Morgan fingerprint density at radius 3 is 2.39 bits per heavy atom. The number of pyridine rings is 1. The summed E-state index contributed by atoms with van der Waals surface area (Å²) in [4.78, 5) is 57.4. The van der Waals surface area contributed by atoms with E-state index in [-0.39, 0.29) is 5.91 Å². The first kappa shape index (κ1) is 25.6. The number of hydrogen-bond donors (Lipinski definition) is 1. The summed E-state index contributed by atoms with van der Waals surface area (Å²) in [5.74, 6) is -1.20. The number of carbonyl (C=O) groups excluding carboxylic acids is 3. The number of nitrogens with zero attached hydrogens (tertiary/aromatic N) is 5. The third-order valence-electron chi connectivity index (χ3n) is 6.98. The van der Waals surface area contributed by atoms with Gasteiger partial charge in [0, 0.05) is 68.0 Å². The van der Waals surface area contributed by atoms with Gasteiger partial charge in [-0.25, -0.2) is 4.98 Å². The van der Waals surface area contributed by atoms with Gasteiger partial charge in [-0.3, -0.25) is 19.4 Å². The molecule has 9 nitrogen and oxygen atoms in total. The highest BCUT2D eigenvalue weighted by Gasteiger charge is 2.31. The van der Waals surface area contributed by atoms with Gasteiger partial charge in [0.1, 0.15) is 11.4 Å². The van der Waals surface area contributed by atoms with Gasteiger partial charge in [-0.1, -0.05) is 18.2 Å². The van der Waals surface area contributed by atoms with Crippen LogP contribution in [0.4, 0.5) is 5.13 Å². The lowest BCUT2D eigenvalue weighted by Gasteiger charge is -2.34. The standard InChI is InChI=1S/C28H30N6O3S/c1-4-32(5-2)28-31-21(17-38-28)23-24-22(18(3)15-29-23)20(16-30-24)25(35)27(37)34-13-11-33(12-14-34)26(36)19-9-7-6-8-10-19/h6-10,15-17,30H,4-5,11-14H2,1-3H3. The Kier molecular flexibility index (Phi) is 7.24. The highest BCUT2D eigenvalue weighted by atomic mass is 32.1. The molecule has 0 bridgehead atoms. The first-order valence-corrected chi connectivity index (χ1v) is 13.7. The summed E-state index contributed by atoms with van der Waals surface area (Å²) in [6.45, 7) is 9.16. The van der Waals surface area contributed by atoms with Crippen LogP contribution >= 0.6 is 11.3 Å². The number of hydrogen-bond acceptors (Lipinski definition) is 7. The molecule has 1 aromatic carbocycles.